The Bertz CT molecular complexity index is 392. The van der Waals surface area contributed by atoms with E-state index >= 15 is 0 Å². The van der Waals surface area contributed by atoms with Crippen molar-refractivity contribution in [3.63, 3.8) is 0 Å². The summed E-state index contributed by atoms with van der Waals surface area (Å²) in [7, 11) is 0. The summed E-state index contributed by atoms with van der Waals surface area (Å²) in [5.74, 6) is 0. The van der Waals surface area contributed by atoms with E-state index in [1.807, 2.05) is 18.3 Å². The molecule has 0 amide bonds. The molecule has 0 saturated heterocycles. The molecule has 100 valence electrons. The van der Waals surface area contributed by atoms with Gasteiger partial charge in [-0.25, -0.2) is 0 Å². The predicted molar refractivity (Wildman–Crippen MR) is 81.7 cm³/mol. The molecular weight excluding hydrogens is 288 g/mol. The van der Waals surface area contributed by atoms with E-state index in [1.54, 1.807) is 0 Å². The first-order chi connectivity index (χ1) is 8.24. The summed E-state index contributed by atoms with van der Waals surface area (Å²) in [4.78, 5) is 4.43. The van der Waals surface area contributed by atoms with Crippen molar-refractivity contribution in [2.24, 2.45) is 5.41 Å². The van der Waals surface area contributed by atoms with Crippen LogP contribution in [0.15, 0.2) is 35.5 Å². The largest absolute Gasteiger partial charge is 0.311 e. The molecule has 1 heterocycles. The van der Waals surface area contributed by atoms with Crippen LogP contribution < -0.4 is 5.32 Å². The number of nitrogens with zero attached hydrogens (tertiary/aromatic N) is 1. The van der Waals surface area contributed by atoms with E-state index in [4.69, 9.17) is 0 Å². The number of hydrogen-bond acceptors (Lipinski definition) is 2. The second-order valence-electron chi connectivity index (χ2n) is 6.11. The van der Waals surface area contributed by atoms with E-state index in [9.17, 15) is 0 Å². The summed E-state index contributed by atoms with van der Waals surface area (Å²) in [5.41, 5.74) is 1.24. The van der Waals surface area contributed by atoms with Gasteiger partial charge in [-0.15, -0.1) is 6.58 Å². The Morgan fingerprint density at radius 2 is 2.00 bits per heavy atom. The molecule has 1 aromatic rings. The second kappa shape index (κ2) is 5.98. The third kappa shape index (κ3) is 5.32. The summed E-state index contributed by atoms with van der Waals surface area (Å²) in [6.07, 6.45) is 4.76. The molecule has 3 heteroatoms. The minimum atomic E-state index is 0.0219. The van der Waals surface area contributed by atoms with E-state index in [2.05, 4.69) is 66.6 Å². The van der Waals surface area contributed by atoms with Crippen molar-refractivity contribution in [1.29, 1.82) is 0 Å². The Kier molecular flexibility index (Phi) is 5.11. The van der Waals surface area contributed by atoms with Crippen LogP contribution in [0.3, 0.4) is 0 Å². The van der Waals surface area contributed by atoms with Gasteiger partial charge in [-0.3, -0.25) is 4.98 Å². The number of halogens is 1. The van der Waals surface area contributed by atoms with Gasteiger partial charge in [-0.2, -0.15) is 0 Å². The highest BCUT2D eigenvalue weighted by Gasteiger charge is 2.23. The summed E-state index contributed by atoms with van der Waals surface area (Å²) < 4.78 is 1.01. The Labute approximate surface area is 119 Å². The summed E-state index contributed by atoms with van der Waals surface area (Å²) in [6, 6.07) is 4.09. The zero-order valence-electron chi connectivity index (χ0n) is 11.8. The predicted octanol–water partition coefficient (Wildman–Crippen LogP) is 3.97. The lowest BCUT2D eigenvalue weighted by molar-refractivity contribution is 0.321. The molecule has 0 aromatic carbocycles. The number of nitrogens with one attached hydrogen (secondary N) is 1. The number of hydrogen-bond donors (Lipinski definition) is 1. The van der Waals surface area contributed by atoms with Gasteiger partial charge >= 0.3 is 0 Å². The van der Waals surface area contributed by atoms with Crippen LogP contribution in [0.1, 0.15) is 33.4 Å². The smallest absolute Gasteiger partial charge is 0.0413 e. The molecule has 0 saturated carbocycles. The van der Waals surface area contributed by atoms with Crippen molar-refractivity contribution < 1.29 is 0 Å². The monoisotopic (exact) mass is 310 g/mol. The Morgan fingerprint density at radius 3 is 2.44 bits per heavy atom. The number of rotatable bonds is 5. The van der Waals surface area contributed by atoms with E-state index in [0.29, 0.717) is 0 Å². The van der Waals surface area contributed by atoms with Gasteiger partial charge in [0.2, 0.25) is 0 Å². The second-order valence-corrected chi connectivity index (χ2v) is 7.02. The van der Waals surface area contributed by atoms with Crippen LogP contribution in [0.4, 0.5) is 0 Å². The summed E-state index contributed by atoms with van der Waals surface area (Å²) in [6.45, 7) is 13.6. The average molecular weight is 311 g/mol. The summed E-state index contributed by atoms with van der Waals surface area (Å²) >= 11 is 3.40. The number of pyridine rings is 1. The molecule has 1 atom stereocenters. The fraction of sp³-hybridized carbons (Fsp3) is 0.533. The SMILES string of the molecule is C=CC(C)(CNC(C)(C)C)Cc1ccc(Br)cn1. The van der Waals surface area contributed by atoms with Gasteiger partial charge in [-0.1, -0.05) is 13.0 Å². The first-order valence-corrected chi connectivity index (χ1v) is 7.02. The molecule has 0 spiro atoms. The van der Waals surface area contributed by atoms with Crippen molar-refractivity contribution in [1.82, 2.24) is 10.3 Å². The molecule has 1 rings (SSSR count). The maximum absolute atomic E-state index is 4.43. The molecule has 18 heavy (non-hydrogen) atoms. The fourth-order valence-corrected chi connectivity index (χ4v) is 1.83. The summed E-state index contributed by atoms with van der Waals surface area (Å²) in [5, 5.41) is 3.54. The molecule has 1 unspecified atom stereocenters. The highest BCUT2D eigenvalue weighted by molar-refractivity contribution is 9.10. The van der Waals surface area contributed by atoms with E-state index in [-0.39, 0.29) is 11.0 Å². The highest BCUT2D eigenvalue weighted by Crippen LogP contribution is 2.23. The molecule has 1 N–H and O–H groups in total. The van der Waals surface area contributed by atoms with Crippen LogP contribution >= 0.6 is 15.9 Å². The maximum Gasteiger partial charge on any atom is 0.0413 e. The third-order valence-corrected chi connectivity index (χ3v) is 3.36. The standard InChI is InChI=1S/C15H23BrN2/c1-6-15(5,11-18-14(2,3)4)9-13-8-7-12(16)10-17-13/h6-8,10,18H,1,9,11H2,2-5H3. The third-order valence-electron chi connectivity index (χ3n) is 2.89. The topological polar surface area (TPSA) is 24.9 Å². The lowest BCUT2D eigenvalue weighted by Gasteiger charge is -2.31. The molecule has 0 aliphatic rings. The quantitative estimate of drug-likeness (QED) is 0.832. The molecule has 0 bridgehead atoms. The molecular formula is C15H23BrN2. The van der Waals surface area contributed by atoms with Crippen LogP contribution in [0.5, 0.6) is 0 Å². The maximum atomic E-state index is 4.43. The normalized spacial score (nSPS) is 15.2. The van der Waals surface area contributed by atoms with Crippen LogP contribution in [0.25, 0.3) is 0 Å². The Hall–Kier alpha value is -0.670. The van der Waals surface area contributed by atoms with Gasteiger partial charge < -0.3 is 5.32 Å². The molecule has 2 nitrogen and oxygen atoms in total. The van der Waals surface area contributed by atoms with Crippen LogP contribution in [0, 0.1) is 5.41 Å². The van der Waals surface area contributed by atoms with Gasteiger partial charge in [-0.05, 0) is 55.3 Å². The Morgan fingerprint density at radius 1 is 1.33 bits per heavy atom. The van der Waals surface area contributed by atoms with Crippen molar-refractivity contribution in [3.05, 3.63) is 41.2 Å². The fourth-order valence-electron chi connectivity index (χ4n) is 1.60. The van der Waals surface area contributed by atoms with E-state index < -0.39 is 0 Å². The molecule has 0 aliphatic carbocycles. The zero-order chi connectivity index (χ0) is 13.8. The minimum Gasteiger partial charge on any atom is -0.311 e. The van der Waals surface area contributed by atoms with Crippen molar-refractivity contribution in [2.45, 2.75) is 39.7 Å². The van der Waals surface area contributed by atoms with Crippen molar-refractivity contribution >= 4 is 15.9 Å². The van der Waals surface area contributed by atoms with Gasteiger partial charge in [0.05, 0.1) is 0 Å². The molecule has 0 fully saturated rings. The van der Waals surface area contributed by atoms with Crippen molar-refractivity contribution in [3.8, 4) is 0 Å². The zero-order valence-corrected chi connectivity index (χ0v) is 13.3. The van der Waals surface area contributed by atoms with Crippen LogP contribution in [-0.4, -0.2) is 17.1 Å². The van der Waals surface area contributed by atoms with Crippen molar-refractivity contribution in [2.75, 3.05) is 6.54 Å². The first-order valence-electron chi connectivity index (χ1n) is 6.23. The Balaban J connectivity index is 2.70. The van der Waals surface area contributed by atoms with Gasteiger partial charge in [0.1, 0.15) is 0 Å². The lowest BCUT2D eigenvalue weighted by Crippen LogP contribution is -2.43. The molecule has 1 aromatic heterocycles. The molecule has 0 radical (unpaired) electrons. The van der Waals surface area contributed by atoms with Crippen LogP contribution in [0.2, 0.25) is 0 Å². The first kappa shape index (κ1) is 15.4. The highest BCUT2D eigenvalue weighted by atomic mass is 79.9. The van der Waals surface area contributed by atoms with Crippen LogP contribution in [-0.2, 0) is 6.42 Å². The number of aromatic nitrogens is 1. The van der Waals surface area contributed by atoms with Gasteiger partial charge in [0.15, 0.2) is 0 Å². The van der Waals surface area contributed by atoms with E-state index in [1.165, 1.54) is 0 Å². The molecule has 0 aliphatic heterocycles. The lowest BCUT2D eigenvalue weighted by atomic mass is 9.84. The van der Waals surface area contributed by atoms with E-state index in [0.717, 1.165) is 23.1 Å². The average Bonchev–Trinajstić information content (AvgIpc) is 2.29. The minimum absolute atomic E-state index is 0.0219. The van der Waals surface area contributed by atoms with Gasteiger partial charge in [0.25, 0.3) is 0 Å². The van der Waals surface area contributed by atoms with Gasteiger partial charge in [0, 0.05) is 33.9 Å².